The number of carbonyl (C=O) groups excluding carboxylic acids is 1. The molecule has 1 amide bonds. The molecule has 0 radical (unpaired) electrons. The van der Waals surface area contributed by atoms with Crippen molar-refractivity contribution in [2.24, 2.45) is 0 Å². The Hall–Kier alpha value is -2.89. The van der Waals surface area contributed by atoms with Crippen LogP contribution in [0.1, 0.15) is 10.5 Å². The number of rotatable bonds is 2. The standard InChI is InChI=1S/C18H17FN4O/c19-15-2-1-3-16-14(15)12-17(21-16)18(24)23-10-8-22(9-11-23)13-4-6-20-7-5-13/h1-7,12,21H,8-11H2. The van der Waals surface area contributed by atoms with Crippen LogP contribution in [0.3, 0.4) is 0 Å². The number of benzene rings is 1. The molecule has 0 saturated carbocycles. The molecule has 0 spiro atoms. The maximum atomic E-state index is 13.8. The van der Waals surface area contributed by atoms with Gasteiger partial charge in [-0.25, -0.2) is 4.39 Å². The highest BCUT2D eigenvalue weighted by Gasteiger charge is 2.23. The number of hydrogen-bond acceptors (Lipinski definition) is 3. The second kappa shape index (κ2) is 5.96. The van der Waals surface area contributed by atoms with Gasteiger partial charge in [-0.15, -0.1) is 0 Å². The van der Waals surface area contributed by atoms with Gasteiger partial charge >= 0.3 is 0 Å². The van der Waals surface area contributed by atoms with Crippen LogP contribution in [-0.4, -0.2) is 47.0 Å². The average molecular weight is 324 g/mol. The number of piperazine rings is 1. The van der Waals surface area contributed by atoms with Gasteiger partial charge in [-0.1, -0.05) is 6.07 Å². The molecule has 5 nitrogen and oxygen atoms in total. The first-order chi connectivity index (χ1) is 11.7. The number of nitrogens with zero attached hydrogens (tertiary/aromatic N) is 3. The van der Waals surface area contributed by atoms with Crippen molar-refractivity contribution in [1.82, 2.24) is 14.9 Å². The fourth-order valence-corrected chi connectivity index (χ4v) is 3.13. The van der Waals surface area contributed by atoms with Gasteiger partial charge in [0, 0.05) is 55.2 Å². The molecule has 0 atom stereocenters. The molecule has 1 aromatic carbocycles. The van der Waals surface area contributed by atoms with Gasteiger partial charge in [-0.05, 0) is 30.3 Å². The molecule has 1 aliphatic rings. The molecule has 2 aromatic heterocycles. The largest absolute Gasteiger partial charge is 0.368 e. The predicted octanol–water partition coefficient (Wildman–Crippen LogP) is 2.66. The first-order valence-corrected chi connectivity index (χ1v) is 7.94. The van der Waals surface area contributed by atoms with Crippen LogP contribution in [0, 0.1) is 5.82 Å². The number of amides is 1. The number of hydrogen-bond donors (Lipinski definition) is 1. The van der Waals surface area contributed by atoms with Gasteiger partial charge in [0.1, 0.15) is 11.5 Å². The Balaban J connectivity index is 1.48. The molecule has 3 heterocycles. The summed E-state index contributed by atoms with van der Waals surface area (Å²) in [6.07, 6.45) is 3.54. The lowest BCUT2D eigenvalue weighted by atomic mass is 10.2. The molecule has 6 heteroatoms. The van der Waals surface area contributed by atoms with E-state index in [1.807, 2.05) is 12.1 Å². The maximum absolute atomic E-state index is 13.8. The molecule has 1 aliphatic heterocycles. The summed E-state index contributed by atoms with van der Waals surface area (Å²) in [6.45, 7) is 2.81. The average Bonchev–Trinajstić information content (AvgIpc) is 3.08. The first kappa shape index (κ1) is 14.7. The molecule has 0 aliphatic carbocycles. The molecule has 24 heavy (non-hydrogen) atoms. The smallest absolute Gasteiger partial charge is 0.270 e. The highest BCUT2D eigenvalue weighted by Crippen LogP contribution is 2.21. The van der Waals surface area contributed by atoms with Crippen LogP contribution in [0.25, 0.3) is 10.9 Å². The van der Waals surface area contributed by atoms with Crippen molar-refractivity contribution in [2.45, 2.75) is 0 Å². The maximum Gasteiger partial charge on any atom is 0.270 e. The Morgan fingerprint density at radius 2 is 1.83 bits per heavy atom. The third-order valence-corrected chi connectivity index (χ3v) is 4.44. The van der Waals surface area contributed by atoms with E-state index in [4.69, 9.17) is 0 Å². The van der Waals surface area contributed by atoms with Crippen molar-refractivity contribution in [3.63, 3.8) is 0 Å². The zero-order valence-corrected chi connectivity index (χ0v) is 13.1. The highest BCUT2D eigenvalue weighted by molar-refractivity contribution is 5.98. The van der Waals surface area contributed by atoms with E-state index < -0.39 is 0 Å². The Kier molecular flexibility index (Phi) is 3.65. The zero-order chi connectivity index (χ0) is 16.5. The fraction of sp³-hybridized carbons (Fsp3) is 0.222. The number of anilines is 1. The molecule has 3 aromatic rings. The monoisotopic (exact) mass is 324 g/mol. The van der Waals surface area contributed by atoms with Gasteiger partial charge in [0.25, 0.3) is 5.91 Å². The Morgan fingerprint density at radius 3 is 2.54 bits per heavy atom. The molecule has 1 saturated heterocycles. The summed E-state index contributed by atoms with van der Waals surface area (Å²) >= 11 is 0. The van der Waals surface area contributed by atoms with Crippen LogP contribution in [0.2, 0.25) is 0 Å². The van der Waals surface area contributed by atoms with Gasteiger partial charge in [-0.2, -0.15) is 0 Å². The van der Waals surface area contributed by atoms with Gasteiger partial charge in [0.15, 0.2) is 0 Å². The van der Waals surface area contributed by atoms with E-state index in [1.165, 1.54) is 6.07 Å². The minimum Gasteiger partial charge on any atom is -0.368 e. The fourth-order valence-electron chi connectivity index (χ4n) is 3.13. The molecular weight excluding hydrogens is 307 g/mol. The Bertz CT molecular complexity index is 869. The highest BCUT2D eigenvalue weighted by atomic mass is 19.1. The van der Waals surface area contributed by atoms with E-state index in [2.05, 4.69) is 14.9 Å². The number of fused-ring (bicyclic) bond motifs is 1. The SMILES string of the molecule is O=C(c1cc2c(F)cccc2[nH]1)N1CCN(c2ccncc2)CC1. The summed E-state index contributed by atoms with van der Waals surface area (Å²) in [5.41, 5.74) is 2.20. The van der Waals surface area contributed by atoms with Gasteiger partial charge in [0.2, 0.25) is 0 Å². The van der Waals surface area contributed by atoms with Crippen LogP contribution in [0.5, 0.6) is 0 Å². The molecular formula is C18H17FN4O. The van der Waals surface area contributed by atoms with Crippen molar-refractivity contribution in [2.75, 3.05) is 31.1 Å². The van der Waals surface area contributed by atoms with E-state index in [-0.39, 0.29) is 11.7 Å². The molecule has 1 fully saturated rings. The summed E-state index contributed by atoms with van der Waals surface area (Å²) < 4.78 is 13.8. The molecule has 4 rings (SSSR count). The number of carbonyl (C=O) groups is 1. The number of nitrogens with one attached hydrogen (secondary N) is 1. The quantitative estimate of drug-likeness (QED) is 0.788. The van der Waals surface area contributed by atoms with Crippen LogP contribution in [0.4, 0.5) is 10.1 Å². The number of aromatic nitrogens is 2. The third kappa shape index (κ3) is 2.60. The van der Waals surface area contributed by atoms with Crippen LogP contribution >= 0.6 is 0 Å². The lowest BCUT2D eigenvalue weighted by Crippen LogP contribution is -2.48. The van der Waals surface area contributed by atoms with Crippen LogP contribution in [-0.2, 0) is 0 Å². The minimum absolute atomic E-state index is 0.0834. The number of halogens is 1. The molecule has 0 unspecified atom stereocenters. The van der Waals surface area contributed by atoms with E-state index in [0.717, 1.165) is 18.8 Å². The predicted molar refractivity (Wildman–Crippen MR) is 90.6 cm³/mol. The van der Waals surface area contributed by atoms with Crippen molar-refractivity contribution in [3.8, 4) is 0 Å². The van der Waals surface area contributed by atoms with E-state index >= 15 is 0 Å². The summed E-state index contributed by atoms with van der Waals surface area (Å²) in [4.78, 5) is 23.8. The van der Waals surface area contributed by atoms with Crippen LogP contribution < -0.4 is 4.90 Å². The number of pyridine rings is 1. The van der Waals surface area contributed by atoms with Gasteiger partial charge in [-0.3, -0.25) is 9.78 Å². The van der Waals surface area contributed by atoms with E-state index in [0.29, 0.717) is 29.7 Å². The normalized spacial score (nSPS) is 15.0. The Morgan fingerprint density at radius 1 is 1.08 bits per heavy atom. The summed E-state index contributed by atoms with van der Waals surface area (Å²) in [7, 11) is 0. The van der Waals surface area contributed by atoms with E-state index in [9.17, 15) is 9.18 Å². The molecule has 0 bridgehead atoms. The topological polar surface area (TPSA) is 52.2 Å². The van der Waals surface area contributed by atoms with Crippen LogP contribution in [0.15, 0.2) is 48.8 Å². The number of aromatic amines is 1. The van der Waals surface area contributed by atoms with Gasteiger partial charge in [0.05, 0.1) is 0 Å². The van der Waals surface area contributed by atoms with Crippen molar-refractivity contribution < 1.29 is 9.18 Å². The summed E-state index contributed by atoms with van der Waals surface area (Å²) in [5, 5.41) is 0.455. The lowest BCUT2D eigenvalue weighted by molar-refractivity contribution is 0.0742. The lowest BCUT2D eigenvalue weighted by Gasteiger charge is -2.35. The molecule has 122 valence electrons. The summed E-state index contributed by atoms with van der Waals surface area (Å²) in [5.74, 6) is -0.398. The molecule has 1 N–H and O–H groups in total. The van der Waals surface area contributed by atoms with Crippen molar-refractivity contribution >= 4 is 22.5 Å². The minimum atomic E-state index is -0.315. The van der Waals surface area contributed by atoms with E-state index in [1.54, 1.807) is 35.5 Å². The summed E-state index contributed by atoms with van der Waals surface area (Å²) in [6, 6.07) is 10.3. The van der Waals surface area contributed by atoms with Crippen molar-refractivity contribution in [1.29, 1.82) is 0 Å². The third-order valence-electron chi connectivity index (χ3n) is 4.44. The number of H-pyrrole nitrogens is 1. The second-order valence-electron chi connectivity index (χ2n) is 5.87. The second-order valence-corrected chi connectivity index (χ2v) is 5.87. The Labute approximate surface area is 138 Å². The zero-order valence-electron chi connectivity index (χ0n) is 13.1. The van der Waals surface area contributed by atoms with Gasteiger partial charge < -0.3 is 14.8 Å². The van der Waals surface area contributed by atoms with Crippen molar-refractivity contribution in [3.05, 3.63) is 60.3 Å². The first-order valence-electron chi connectivity index (χ1n) is 7.94.